The molecule has 1 aromatic heterocycles. The van der Waals surface area contributed by atoms with Crippen molar-refractivity contribution in [3.63, 3.8) is 0 Å². The number of nitrogens with zero attached hydrogens (tertiary/aromatic N) is 2. The third-order valence-electron chi connectivity index (χ3n) is 3.73. The van der Waals surface area contributed by atoms with E-state index >= 15 is 0 Å². The highest BCUT2D eigenvalue weighted by atomic mass is 19.4. The van der Waals surface area contributed by atoms with Crippen molar-refractivity contribution in [2.24, 2.45) is 5.41 Å². The highest BCUT2D eigenvalue weighted by molar-refractivity contribution is 5.76. The molecule has 1 atom stereocenters. The second-order valence-corrected chi connectivity index (χ2v) is 5.09. The fourth-order valence-corrected chi connectivity index (χ4v) is 2.35. The molecule has 5 nitrogen and oxygen atoms in total. The Morgan fingerprint density at radius 2 is 2.15 bits per heavy atom. The van der Waals surface area contributed by atoms with Gasteiger partial charge in [0.25, 0.3) is 0 Å². The fourth-order valence-electron chi connectivity index (χ4n) is 2.35. The van der Waals surface area contributed by atoms with Crippen LogP contribution >= 0.6 is 0 Å². The van der Waals surface area contributed by atoms with Crippen LogP contribution in [0.25, 0.3) is 0 Å². The first kappa shape index (κ1) is 14.8. The molecule has 112 valence electrons. The molecule has 0 radical (unpaired) electrons. The van der Waals surface area contributed by atoms with Gasteiger partial charge in [-0.1, -0.05) is 0 Å². The first-order valence-corrected chi connectivity index (χ1v) is 6.11. The minimum atomic E-state index is -4.77. The summed E-state index contributed by atoms with van der Waals surface area (Å²) < 4.78 is 44.3. The van der Waals surface area contributed by atoms with Crippen molar-refractivity contribution in [1.29, 1.82) is 0 Å². The lowest BCUT2D eigenvalue weighted by molar-refractivity contribution is -0.227. The van der Waals surface area contributed by atoms with Gasteiger partial charge in [-0.05, 0) is 20.3 Å². The lowest BCUT2D eigenvalue weighted by atomic mass is 9.86. The minimum absolute atomic E-state index is 0.0479. The number of carbonyl (C=O) groups is 1. The molecule has 0 spiro atoms. The van der Waals surface area contributed by atoms with E-state index in [1.807, 2.05) is 0 Å². The summed E-state index contributed by atoms with van der Waals surface area (Å²) in [4.78, 5) is 16.5. The summed E-state index contributed by atoms with van der Waals surface area (Å²) in [5, 5.41) is 8.95. The largest absolute Gasteiger partial charge is 0.481 e. The number of oxazole rings is 1. The Hall–Kier alpha value is -1.57. The summed E-state index contributed by atoms with van der Waals surface area (Å²) in [5.74, 6) is -0.907. The van der Waals surface area contributed by atoms with E-state index in [9.17, 15) is 18.0 Å². The number of carboxylic acids is 1. The van der Waals surface area contributed by atoms with Gasteiger partial charge in [0.2, 0.25) is 5.89 Å². The average Bonchev–Trinajstić information content (AvgIpc) is 2.84. The van der Waals surface area contributed by atoms with Crippen LogP contribution in [0.15, 0.2) is 4.42 Å². The molecule has 20 heavy (non-hydrogen) atoms. The molecule has 0 aliphatic carbocycles. The van der Waals surface area contributed by atoms with Gasteiger partial charge in [-0.25, -0.2) is 4.98 Å². The predicted octanol–water partition coefficient (Wildman–Crippen LogP) is 2.13. The van der Waals surface area contributed by atoms with E-state index in [0.717, 1.165) is 0 Å². The van der Waals surface area contributed by atoms with Crippen LogP contribution in [0.2, 0.25) is 0 Å². The van der Waals surface area contributed by atoms with Crippen LogP contribution in [0.1, 0.15) is 23.8 Å². The zero-order chi connectivity index (χ0) is 15.1. The summed E-state index contributed by atoms with van der Waals surface area (Å²) in [7, 11) is 0. The van der Waals surface area contributed by atoms with Gasteiger partial charge >= 0.3 is 12.1 Å². The van der Waals surface area contributed by atoms with Gasteiger partial charge < -0.3 is 9.52 Å². The number of aliphatic carboxylic acids is 1. The van der Waals surface area contributed by atoms with Crippen molar-refractivity contribution < 1.29 is 27.5 Å². The number of alkyl halides is 3. The topological polar surface area (TPSA) is 66.6 Å². The van der Waals surface area contributed by atoms with Crippen molar-refractivity contribution in [3.8, 4) is 0 Å². The maximum Gasteiger partial charge on any atom is 0.406 e. The van der Waals surface area contributed by atoms with E-state index in [-0.39, 0.29) is 13.1 Å². The normalized spacial score (nSPS) is 24.2. The minimum Gasteiger partial charge on any atom is -0.481 e. The molecule has 0 saturated carbocycles. The maximum atomic E-state index is 13.0. The fraction of sp³-hybridized carbons (Fsp3) is 0.667. The monoisotopic (exact) mass is 292 g/mol. The number of carboxylic acid groups (broad SMARTS) is 1. The number of halogens is 3. The number of rotatable bonds is 3. The van der Waals surface area contributed by atoms with Crippen LogP contribution < -0.4 is 0 Å². The number of hydrogen-bond acceptors (Lipinski definition) is 4. The van der Waals surface area contributed by atoms with Gasteiger partial charge in [0.15, 0.2) is 5.41 Å². The van der Waals surface area contributed by atoms with Crippen LogP contribution in [0, 0.1) is 19.3 Å². The molecule has 2 heterocycles. The molecule has 1 N–H and O–H groups in total. The van der Waals surface area contributed by atoms with Gasteiger partial charge in [-0.15, -0.1) is 0 Å². The van der Waals surface area contributed by atoms with Crippen molar-refractivity contribution in [1.82, 2.24) is 9.88 Å². The van der Waals surface area contributed by atoms with E-state index < -0.39 is 30.5 Å². The molecular weight excluding hydrogens is 277 g/mol. The van der Waals surface area contributed by atoms with E-state index in [0.29, 0.717) is 17.3 Å². The van der Waals surface area contributed by atoms with Crippen molar-refractivity contribution in [3.05, 3.63) is 17.3 Å². The lowest BCUT2D eigenvalue weighted by Crippen LogP contribution is -2.47. The Kier molecular flexibility index (Phi) is 3.53. The molecule has 1 aromatic rings. The summed E-state index contributed by atoms with van der Waals surface area (Å²) in [5.41, 5.74) is -2.01. The van der Waals surface area contributed by atoms with E-state index in [1.54, 1.807) is 13.8 Å². The molecule has 1 fully saturated rings. The number of hydrogen-bond donors (Lipinski definition) is 1. The predicted molar refractivity (Wildman–Crippen MR) is 62.0 cm³/mol. The van der Waals surface area contributed by atoms with Crippen molar-refractivity contribution >= 4 is 5.97 Å². The first-order valence-electron chi connectivity index (χ1n) is 6.11. The summed E-state index contributed by atoms with van der Waals surface area (Å²) in [6.07, 6.45) is -5.22. The standard InChI is InChI=1S/C12H15F3N2O3/c1-7-8(2)20-9(16-7)5-17-4-3-11(6-17,10(18)19)12(13,14)15/h3-6H2,1-2H3,(H,18,19). The Balaban J connectivity index is 2.13. The van der Waals surface area contributed by atoms with Gasteiger partial charge in [-0.2, -0.15) is 13.2 Å². The van der Waals surface area contributed by atoms with E-state index in [1.165, 1.54) is 4.90 Å². The summed E-state index contributed by atoms with van der Waals surface area (Å²) in [6.45, 7) is 3.01. The van der Waals surface area contributed by atoms with E-state index in [4.69, 9.17) is 9.52 Å². The van der Waals surface area contributed by atoms with Crippen LogP contribution in [-0.2, 0) is 11.3 Å². The Morgan fingerprint density at radius 3 is 2.55 bits per heavy atom. The summed E-state index contributed by atoms with van der Waals surface area (Å²) in [6, 6.07) is 0. The number of likely N-dealkylation sites (tertiary alicyclic amines) is 1. The quantitative estimate of drug-likeness (QED) is 0.924. The number of aryl methyl sites for hydroxylation is 2. The van der Waals surface area contributed by atoms with Gasteiger partial charge in [-0.3, -0.25) is 9.69 Å². The second kappa shape index (κ2) is 4.76. The molecule has 0 amide bonds. The van der Waals surface area contributed by atoms with Crippen LogP contribution in [0.5, 0.6) is 0 Å². The Bertz CT molecular complexity index is 507. The van der Waals surface area contributed by atoms with Crippen LogP contribution in [-0.4, -0.2) is 40.2 Å². The second-order valence-electron chi connectivity index (χ2n) is 5.09. The smallest absolute Gasteiger partial charge is 0.406 e. The molecular formula is C12H15F3N2O3. The highest BCUT2D eigenvalue weighted by Gasteiger charge is 2.63. The highest BCUT2D eigenvalue weighted by Crippen LogP contribution is 2.45. The zero-order valence-electron chi connectivity index (χ0n) is 11.1. The molecule has 8 heteroatoms. The molecule has 1 unspecified atom stereocenters. The maximum absolute atomic E-state index is 13.0. The lowest BCUT2D eigenvalue weighted by Gasteiger charge is -2.27. The molecule has 1 aliphatic heterocycles. The molecule has 1 aliphatic rings. The van der Waals surface area contributed by atoms with E-state index in [2.05, 4.69) is 4.98 Å². The third kappa shape index (κ3) is 2.39. The SMILES string of the molecule is Cc1nc(CN2CCC(C(=O)O)(C(F)(F)F)C2)oc1C. The average molecular weight is 292 g/mol. The third-order valence-corrected chi connectivity index (χ3v) is 3.73. The molecule has 0 aromatic carbocycles. The van der Waals surface area contributed by atoms with Gasteiger partial charge in [0.1, 0.15) is 5.76 Å². The molecule has 2 rings (SSSR count). The van der Waals surface area contributed by atoms with Crippen molar-refractivity contribution in [2.45, 2.75) is 33.0 Å². The first-order chi connectivity index (χ1) is 9.15. The van der Waals surface area contributed by atoms with Gasteiger partial charge in [0.05, 0.1) is 12.2 Å². The zero-order valence-corrected chi connectivity index (χ0v) is 11.1. The van der Waals surface area contributed by atoms with Crippen LogP contribution in [0.3, 0.4) is 0 Å². The molecule has 0 bridgehead atoms. The molecule has 1 saturated heterocycles. The summed E-state index contributed by atoms with van der Waals surface area (Å²) >= 11 is 0. The van der Waals surface area contributed by atoms with Gasteiger partial charge in [0, 0.05) is 13.1 Å². The Labute approximate surface area is 113 Å². The van der Waals surface area contributed by atoms with Crippen molar-refractivity contribution in [2.75, 3.05) is 13.1 Å². The number of aromatic nitrogens is 1. The van der Waals surface area contributed by atoms with Crippen LogP contribution in [0.4, 0.5) is 13.2 Å². The Morgan fingerprint density at radius 1 is 1.50 bits per heavy atom.